The van der Waals surface area contributed by atoms with Crippen molar-refractivity contribution in [2.45, 2.75) is 19.0 Å². The predicted molar refractivity (Wildman–Crippen MR) is 61.0 cm³/mol. The minimum absolute atomic E-state index is 0.198. The van der Waals surface area contributed by atoms with E-state index in [2.05, 4.69) is 10.6 Å². The van der Waals surface area contributed by atoms with E-state index in [1.165, 1.54) is 0 Å². The summed E-state index contributed by atoms with van der Waals surface area (Å²) in [6, 6.07) is 5.15. The maximum Gasteiger partial charge on any atom is 0.244 e. The zero-order valence-corrected chi connectivity index (χ0v) is 9.56. The molecule has 18 heavy (non-hydrogen) atoms. The maximum atomic E-state index is 11.4. The van der Waals surface area contributed by atoms with E-state index < -0.39 is 6.04 Å². The van der Waals surface area contributed by atoms with E-state index in [4.69, 9.17) is 9.47 Å². The molecule has 2 aliphatic rings. The monoisotopic (exact) mass is 248 g/mol. The molecule has 2 amide bonds. The number of carbonyl (C=O) groups excluding carboxylic acids is 2. The van der Waals surface area contributed by atoms with Gasteiger partial charge in [-0.2, -0.15) is 0 Å². The molecule has 1 fully saturated rings. The molecule has 1 saturated heterocycles. The van der Waals surface area contributed by atoms with Crippen LogP contribution in [0.4, 0.5) is 0 Å². The first-order valence-electron chi connectivity index (χ1n) is 5.68. The van der Waals surface area contributed by atoms with Gasteiger partial charge in [-0.15, -0.1) is 0 Å². The van der Waals surface area contributed by atoms with Crippen molar-refractivity contribution in [1.29, 1.82) is 0 Å². The molecular formula is C12H12N2O4. The Labute approximate surface area is 103 Å². The molecule has 0 spiro atoms. The summed E-state index contributed by atoms with van der Waals surface area (Å²) in [5.41, 5.74) is 0.978. The molecule has 1 aromatic rings. The fraction of sp³-hybridized carbons (Fsp3) is 0.333. The van der Waals surface area contributed by atoms with Crippen LogP contribution in [0.15, 0.2) is 18.2 Å². The van der Waals surface area contributed by atoms with E-state index in [0.717, 1.165) is 11.3 Å². The van der Waals surface area contributed by atoms with E-state index in [0.29, 0.717) is 12.3 Å². The van der Waals surface area contributed by atoms with Crippen molar-refractivity contribution < 1.29 is 19.1 Å². The summed E-state index contributed by atoms with van der Waals surface area (Å²) in [7, 11) is 0. The van der Waals surface area contributed by atoms with Crippen LogP contribution in [-0.2, 0) is 16.1 Å². The lowest BCUT2D eigenvalue weighted by Crippen LogP contribution is -2.35. The lowest BCUT2D eigenvalue weighted by atomic mass is 10.1. The molecule has 2 N–H and O–H groups in total. The van der Waals surface area contributed by atoms with E-state index in [1.54, 1.807) is 0 Å². The molecule has 2 aliphatic heterocycles. The molecule has 0 radical (unpaired) electrons. The highest BCUT2D eigenvalue weighted by molar-refractivity contribution is 6.05. The smallest absolute Gasteiger partial charge is 0.244 e. The molecule has 3 rings (SSSR count). The van der Waals surface area contributed by atoms with Crippen LogP contribution in [0, 0.1) is 0 Å². The fourth-order valence-electron chi connectivity index (χ4n) is 2.01. The van der Waals surface area contributed by atoms with Gasteiger partial charge in [-0.1, -0.05) is 6.07 Å². The number of imide groups is 1. The average Bonchev–Trinajstić information content (AvgIpc) is 2.92. The van der Waals surface area contributed by atoms with Gasteiger partial charge in [-0.05, 0) is 17.7 Å². The van der Waals surface area contributed by atoms with E-state index in [1.807, 2.05) is 18.2 Å². The molecule has 0 saturated carbocycles. The molecule has 1 aromatic carbocycles. The van der Waals surface area contributed by atoms with Crippen LogP contribution < -0.4 is 20.1 Å². The second-order valence-electron chi connectivity index (χ2n) is 4.24. The second kappa shape index (κ2) is 4.30. The zero-order valence-electron chi connectivity index (χ0n) is 9.56. The lowest BCUT2D eigenvalue weighted by molar-refractivity contribution is -0.125. The zero-order chi connectivity index (χ0) is 12.5. The van der Waals surface area contributed by atoms with Gasteiger partial charge in [0.25, 0.3) is 0 Å². The van der Waals surface area contributed by atoms with Gasteiger partial charge in [-0.3, -0.25) is 14.9 Å². The lowest BCUT2D eigenvalue weighted by Gasteiger charge is -2.09. The molecule has 0 bridgehead atoms. The highest BCUT2D eigenvalue weighted by Gasteiger charge is 2.29. The number of rotatable bonds is 3. The van der Waals surface area contributed by atoms with Gasteiger partial charge in [0.15, 0.2) is 11.5 Å². The fourth-order valence-corrected chi connectivity index (χ4v) is 2.01. The Morgan fingerprint density at radius 2 is 2.11 bits per heavy atom. The summed E-state index contributed by atoms with van der Waals surface area (Å²) < 4.78 is 10.5. The Hall–Kier alpha value is -2.08. The van der Waals surface area contributed by atoms with Crippen LogP contribution in [0.2, 0.25) is 0 Å². The number of hydrogen-bond donors (Lipinski definition) is 2. The highest BCUT2D eigenvalue weighted by atomic mass is 16.7. The summed E-state index contributed by atoms with van der Waals surface area (Å²) in [5, 5.41) is 5.30. The van der Waals surface area contributed by atoms with Gasteiger partial charge in [0, 0.05) is 6.54 Å². The predicted octanol–water partition coefficient (Wildman–Crippen LogP) is -0.0800. The van der Waals surface area contributed by atoms with Crippen molar-refractivity contribution >= 4 is 11.8 Å². The Morgan fingerprint density at radius 1 is 1.28 bits per heavy atom. The SMILES string of the molecule is O=C1CC(NCc2ccc3c(c2)OCO3)C(=O)N1. The van der Waals surface area contributed by atoms with Gasteiger partial charge in [0.1, 0.15) is 0 Å². The number of hydrogen-bond acceptors (Lipinski definition) is 5. The van der Waals surface area contributed by atoms with Crippen LogP contribution in [0.25, 0.3) is 0 Å². The topological polar surface area (TPSA) is 76.7 Å². The number of nitrogens with one attached hydrogen (secondary N) is 2. The summed E-state index contributed by atoms with van der Waals surface area (Å²) >= 11 is 0. The van der Waals surface area contributed by atoms with E-state index in [9.17, 15) is 9.59 Å². The molecule has 1 atom stereocenters. The third-order valence-electron chi connectivity index (χ3n) is 2.96. The highest BCUT2D eigenvalue weighted by Crippen LogP contribution is 2.32. The van der Waals surface area contributed by atoms with Crippen molar-refractivity contribution in [1.82, 2.24) is 10.6 Å². The Kier molecular flexibility index (Phi) is 2.64. The molecule has 6 heteroatoms. The van der Waals surface area contributed by atoms with Crippen molar-refractivity contribution in [3.8, 4) is 11.5 Å². The van der Waals surface area contributed by atoms with Crippen molar-refractivity contribution in [2.75, 3.05) is 6.79 Å². The quantitative estimate of drug-likeness (QED) is 0.732. The Morgan fingerprint density at radius 3 is 2.89 bits per heavy atom. The van der Waals surface area contributed by atoms with Crippen LogP contribution >= 0.6 is 0 Å². The number of benzene rings is 1. The molecule has 0 aliphatic carbocycles. The minimum Gasteiger partial charge on any atom is -0.454 e. The normalized spacial score (nSPS) is 21.2. The van der Waals surface area contributed by atoms with Gasteiger partial charge in [0.05, 0.1) is 12.5 Å². The second-order valence-corrected chi connectivity index (χ2v) is 4.24. The number of amides is 2. The summed E-state index contributed by atoms with van der Waals surface area (Å²) in [6.07, 6.45) is 0.198. The van der Waals surface area contributed by atoms with Crippen LogP contribution in [0.1, 0.15) is 12.0 Å². The van der Waals surface area contributed by atoms with Crippen molar-refractivity contribution in [3.63, 3.8) is 0 Å². The van der Waals surface area contributed by atoms with Crippen LogP contribution in [0.3, 0.4) is 0 Å². The molecule has 1 unspecified atom stereocenters. The summed E-state index contributed by atoms with van der Waals surface area (Å²) in [6.45, 7) is 0.744. The van der Waals surface area contributed by atoms with Crippen LogP contribution in [0.5, 0.6) is 11.5 Å². The van der Waals surface area contributed by atoms with Gasteiger partial charge in [-0.25, -0.2) is 0 Å². The minimum atomic E-state index is -0.442. The largest absolute Gasteiger partial charge is 0.454 e. The standard InChI is InChI=1S/C12H12N2O4/c15-11-4-8(12(16)14-11)13-5-7-1-2-9-10(3-7)18-6-17-9/h1-3,8,13H,4-6H2,(H,14,15,16). The number of carbonyl (C=O) groups is 2. The molecular weight excluding hydrogens is 236 g/mol. The van der Waals surface area contributed by atoms with Gasteiger partial charge >= 0.3 is 0 Å². The third-order valence-corrected chi connectivity index (χ3v) is 2.96. The third kappa shape index (κ3) is 2.02. The average molecular weight is 248 g/mol. The molecule has 6 nitrogen and oxygen atoms in total. The Balaban J connectivity index is 1.63. The first-order chi connectivity index (χ1) is 8.72. The molecule has 94 valence electrons. The number of ether oxygens (including phenoxy) is 2. The maximum absolute atomic E-state index is 11.4. The molecule has 0 aromatic heterocycles. The van der Waals surface area contributed by atoms with E-state index >= 15 is 0 Å². The first-order valence-corrected chi connectivity index (χ1v) is 5.68. The summed E-state index contributed by atoms with van der Waals surface area (Å²) in [4.78, 5) is 22.4. The van der Waals surface area contributed by atoms with Gasteiger partial charge in [0.2, 0.25) is 18.6 Å². The van der Waals surface area contributed by atoms with Crippen molar-refractivity contribution in [2.24, 2.45) is 0 Å². The number of fused-ring (bicyclic) bond motifs is 1. The van der Waals surface area contributed by atoms with E-state index in [-0.39, 0.29) is 25.0 Å². The Bertz CT molecular complexity index is 515. The first kappa shape index (κ1) is 11.0. The summed E-state index contributed by atoms with van der Waals surface area (Å²) in [5.74, 6) is 0.942. The molecule has 2 heterocycles. The van der Waals surface area contributed by atoms with Crippen LogP contribution in [-0.4, -0.2) is 24.6 Å². The van der Waals surface area contributed by atoms with Crippen molar-refractivity contribution in [3.05, 3.63) is 23.8 Å². The van der Waals surface area contributed by atoms with Gasteiger partial charge < -0.3 is 14.8 Å².